The summed E-state index contributed by atoms with van der Waals surface area (Å²) in [5.74, 6) is 0.106. The molecule has 2 aromatic rings. The van der Waals surface area contributed by atoms with Crippen LogP contribution in [0.5, 0.6) is 0 Å². The number of aryl methyl sites for hydroxylation is 1. The van der Waals surface area contributed by atoms with Gasteiger partial charge in [-0.05, 0) is 70.2 Å². The number of piperidine rings is 2. The van der Waals surface area contributed by atoms with Gasteiger partial charge < -0.3 is 9.80 Å². The lowest BCUT2D eigenvalue weighted by Gasteiger charge is -2.37. The first-order valence-corrected chi connectivity index (χ1v) is 13.1. The molecule has 7 heteroatoms. The number of likely N-dealkylation sites (tertiary alicyclic amines) is 1. The monoisotopic (exact) mass is 455 g/mol. The molecule has 0 spiro atoms. The maximum absolute atomic E-state index is 13.3. The Bertz CT molecular complexity index is 1040. The van der Waals surface area contributed by atoms with Crippen LogP contribution in [0.4, 0.5) is 5.69 Å². The zero-order valence-electron chi connectivity index (χ0n) is 19.0. The van der Waals surface area contributed by atoms with Gasteiger partial charge in [-0.2, -0.15) is 0 Å². The summed E-state index contributed by atoms with van der Waals surface area (Å²) >= 11 is 0. The molecule has 0 aromatic heterocycles. The first kappa shape index (κ1) is 22.8. The fourth-order valence-electron chi connectivity index (χ4n) is 4.73. The summed E-state index contributed by atoms with van der Waals surface area (Å²) in [6, 6.07) is 14.9. The van der Waals surface area contributed by atoms with E-state index in [1.54, 1.807) is 12.1 Å². The van der Waals surface area contributed by atoms with Crippen LogP contribution in [0.1, 0.15) is 54.9 Å². The number of hydrogen-bond donors (Lipinski definition) is 1. The Hall–Kier alpha value is -2.38. The van der Waals surface area contributed by atoms with E-state index in [1.165, 1.54) is 6.42 Å². The highest BCUT2D eigenvalue weighted by Gasteiger charge is 2.29. The van der Waals surface area contributed by atoms with Crippen LogP contribution in [0, 0.1) is 6.92 Å². The first-order valence-electron chi connectivity index (χ1n) is 11.6. The average molecular weight is 456 g/mol. The summed E-state index contributed by atoms with van der Waals surface area (Å²) in [4.78, 5) is 17.8. The largest absolute Gasteiger partial charge is 0.371 e. The summed E-state index contributed by atoms with van der Waals surface area (Å²) in [6.45, 7) is 6.30. The van der Waals surface area contributed by atoms with E-state index < -0.39 is 10.0 Å². The Morgan fingerprint density at radius 2 is 1.62 bits per heavy atom. The SMILES string of the molecule is Cc1ccc(S(=O)(=O)NC2CCN(c3ccccc3C(=O)N3CCCC[C@@H]3C)CC2)cc1. The molecule has 6 nitrogen and oxygen atoms in total. The van der Waals surface area contributed by atoms with E-state index in [1.807, 2.05) is 48.2 Å². The zero-order valence-corrected chi connectivity index (χ0v) is 19.8. The molecular formula is C25H33N3O3S. The predicted octanol–water partition coefficient (Wildman–Crippen LogP) is 3.96. The molecule has 1 N–H and O–H groups in total. The van der Waals surface area contributed by atoms with Crippen molar-refractivity contribution in [3.63, 3.8) is 0 Å². The summed E-state index contributed by atoms with van der Waals surface area (Å²) in [7, 11) is -3.53. The Morgan fingerprint density at radius 3 is 2.31 bits per heavy atom. The van der Waals surface area contributed by atoms with Crippen molar-refractivity contribution in [1.82, 2.24) is 9.62 Å². The van der Waals surface area contributed by atoms with E-state index in [0.29, 0.717) is 30.8 Å². The molecule has 0 unspecified atom stereocenters. The van der Waals surface area contributed by atoms with E-state index in [2.05, 4.69) is 16.5 Å². The molecule has 0 bridgehead atoms. The van der Waals surface area contributed by atoms with Crippen molar-refractivity contribution in [3.05, 3.63) is 59.7 Å². The number of benzene rings is 2. The maximum atomic E-state index is 13.3. The van der Waals surface area contributed by atoms with Gasteiger partial charge in [0.1, 0.15) is 0 Å². The first-order chi connectivity index (χ1) is 15.3. The standard InChI is InChI=1S/C25H33N3O3S/c1-19-10-12-22(13-11-19)32(30,31)26-21-14-17-27(18-15-21)24-9-4-3-8-23(24)25(29)28-16-6-5-7-20(28)2/h3-4,8-13,20-21,26H,5-7,14-18H2,1-2H3/t20-/m0/s1. The Kier molecular flexibility index (Phi) is 6.86. The molecule has 1 amide bonds. The van der Waals surface area contributed by atoms with Crippen LogP contribution >= 0.6 is 0 Å². The molecule has 0 saturated carbocycles. The topological polar surface area (TPSA) is 69.7 Å². The molecule has 1 atom stereocenters. The third kappa shape index (κ3) is 4.99. The van der Waals surface area contributed by atoms with Gasteiger partial charge in [-0.15, -0.1) is 0 Å². The molecule has 2 saturated heterocycles. The van der Waals surface area contributed by atoms with Crippen LogP contribution in [0.3, 0.4) is 0 Å². The van der Waals surface area contributed by atoms with Crippen LogP contribution in [0.25, 0.3) is 0 Å². The van der Waals surface area contributed by atoms with Crippen molar-refractivity contribution >= 4 is 21.6 Å². The van der Waals surface area contributed by atoms with Gasteiger partial charge in [0, 0.05) is 37.4 Å². The number of amides is 1. The maximum Gasteiger partial charge on any atom is 0.256 e. The fraction of sp³-hybridized carbons (Fsp3) is 0.480. The fourth-order valence-corrected chi connectivity index (χ4v) is 6.03. The van der Waals surface area contributed by atoms with Gasteiger partial charge in [-0.1, -0.05) is 29.8 Å². The highest BCUT2D eigenvalue weighted by atomic mass is 32.2. The third-order valence-corrected chi connectivity index (χ3v) is 8.22. The van der Waals surface area contributed by atoms with Gasteiger partial charge in [-0.25, -0.2) is 13.1 Å². The highest BCUT2D eigenvalue weighted by Crippen LogP contribution is 2.28. The number of carbonyl (C=O) groups excluding carboxylic acids is 1. The van der Waals surface area contributed by atoms with Crippen LogP contribution in [0.2, 0.25) is 0 Å². The second-order valence-electron chi connectivity index (χ2n) is 9.06. The van der Waals surface area contributed by atoms with Gasteiger partial charge >= 0.3 is 0 Å². The summed E-state index contributed by atoms with van der Waals surface area (Å²) in [5, 5.41) is 0. The number of para-hydroxylation sites is 1. The number of hydrogen-bond acceptors (Lipinski definition) is 4. The second kappa shape index (κ2) is 9.63. The van der Waals surface area contributed by atoms with Crippen LogP contribution in [-0.2, 0) is 10.0 Å². The lowest BCUT2D eigenvalue weighted by Crippen LogP contribution is -2.46. The van der Waals surface area contributed by atoms with Crippen molar-refractivity contribution in [1.29, 1.82) is 0 Å². The molecule has 4 rings (SSSR count). The highest BCUT2D eigenvalue weighted by molar-refractivity contribution is 7.89. The van der Waals surface area contributed by atoms with Crippen LogP contribution in [0.15, 0.2) is 53.4 Å². The molecule has 2 fully saturated rings. The smallest absolute Gasteiger partial charge is 0.256 e. The number of anilines is 1. The minimum Gasteiger partial charge on any atom is -0.371 e. The van der Waals surface area contributed by atoms with E-state index in [0.717, 1.165) is 36.2 Å². The van der Waals surface area contributed by atoms with Crippen LogP contribution in [-0.4, -0.2) is 50.9 Å². The van der Waals surface area contributed by atoms with E-state index >= 15 is 0 Å². The van der Waals surface area contributed by atoms with Gasteiger partial charge in [0.2, 0.25) is 10.0 Å². The van der Waals surface area contributed by atoms with E-state index in [4.69, 9.17) is 0 Å². The Labute approximate surface area is 191 Å². The summed E-state index contributed by atoms with van der Waals surface area (Å²) in [5.41, 5.74) is 2.74. The van der Waals surface area contributed by atoms with Crippen molar-refractivity contribution in [2.45, 2.75) is 62.9 Å². The van der Waals surface area contributed by atoms with E-state index in [-0.39, 0.29) is 18.0 Å². The van der Waals surface area contributed by atoms with Gasteiger partial charge in [-0.3, -0.25) is 4.79 Å². The number of nitrogens with one attached hydrogen (secondary N) is 1. The molecule has 2 heterocycles. The molecule has 32 heavy (non-hydrogen) atoms. The Morgan fingerprint density at radius 1 is 0.938 bits per heavy atom. The lowest BCUT2D eigenvalue weighted by molar-refractivity contribution is 0.0636. The minimum atomic E-state index is -3.53. The molecule has 2 aromatic carbocycles. The molecular weight excluding hydrogens is 422 g/mol. The van der Waals surface area contributed by atoms with Crippen molar-refractivity contribution < 1.29 is 13.2 Å². The van der Waals surface area contributed by atoms with Crippen LogP contribution < -0.4 is 9.62 Å². The molecule has 172 valence electrons. The number of carbonyl (C=O) groups is 1. The predicted molar refractivity (Wildman–Crippen MR) is 128 cm³/mol. The van der Waals surface area contributed by atoms with Crippen molar-refractivity contribution in [2.75, 3.05) is 24.5 Å². The normalized spacial score (nSPS) is 20.4. The van der Waals surface area contributed by atoms with Crippen molar-refractivity contribution in [2.24, 2.45) is 0 Å². The third-order valence-electron chi connectivity index (χ3n) is 6.69. The molecule has 0 aliphatic carbocycles. The molecule has 2 aliphatic heterocycles. The minimum absolute atomic E-state index is 0.106. The summed E-state index contributed by atoms with van der Waals surface area (Å²) in [6.07, 6.45) is 4.70. The van der Waals surface area contributed by atoms with Gasteiger partial charge in [0.15, 0.2) is 0 Å². The van der Waals surface area contributed by atoms with Gasteiger partial charge in [0.25, 0.3) is 5.91 Å². The molecule has 0 radical (unpaired) electrons. The lowest BCUT2D eigenvalue weighted by atomic mass is 10.00. The number of nitrogens with zero attached hydrogens (tertiary/aromatic N) is 2. The quantitative estimate of drug-likeness (QED) is 0.741. The number of sulfonamides is 1. The Balaban J connectivity index is 1.42. The molecule has 2 aliphatic rings. The van der Waals surface area contributed by atoms with E-state index in [9.17, 15) is 13.2 Å². The van der Waals surface area contributed by atoms with Gasteiger partial charge in [0.05, 0.1) is 10.5 Å². The second-order valence-corrected chi connectivity index (χ2v) is 10.8. The zero-order chi connectivity index (χ0) is 22.7. The average Bonchev–Trinajstić information content (AvgIpc) is 2.79. The number of rotatable bonds is 5. The van der Waals surface area contributed by atoms with Crippen molar-refractivity contribution in [3.8, 4) is 0 Å². The summed E-state index contributed by atoms with van der Waals surface area (Å²) < 4.78 is 28.3.